The van der Waals surface area contributed by atoms with Crippen molar-refractivity contribution >= 4 is 33.8 Å². The molecule has 0 aromatic rings. The van der Waals surface area contributed by atoms with Gasteiger partial charge < -0.3 is 14.2 Å². The van der Waals surface area contributed by atoms with Crippen LogP contribution in [0.15, 0.2) is 11.1 Å². The molecule has 7 heteroatoms. The highest BCUT2D eigenvalue weighted by Crippen LogP contribution is 2.35. The lowest BCUT2D eigenvalue weighted by atomic mass is 9.81. The van der Waals surface area contributed by atoms with Crippen LogP contribution in [0.2, 0.25) is 0 Å². The van der Waals surface area contributed by atoms with E-state index in [0.29, 0.717) is 10.9 Å². The summed E-state index contributed by atoms with van der Waals surface area (Å²) in [5, 5.41) is 0. The van der Waals surface area contributed by atoms with Gasteiger partial charge in [-0.05, 0) is 24.8 Å². The molecule has 0 saturated carbocycles. The first-order valence-corrected chi connectivity index (χ1v) is 8.46. The summed E-state index contributed by atoms with van der Waals surface area (Å²) in [5.74, 6) is -2.27. The molecular weight excluding hydrogens is 368 g/mol. The van der Waals surface area contributed by atoms with E-state index in [0.717, 1.165) is 6.42 Å². The van der Waals surface area contributed by atoms with Crippen LogP contribution in [0, 0.1) is 5.41 Å². The van der Waals surface area contributed by atoms with Crippen molar-refractivity contribution in [3.8, 4) is 0 Å². The summed E-state index contributed by atoms with van der Waals surface area (Å²) in [4.78, 5) is 36.8. The number of carbonyl (C=O) groups is 3. The molecule has 0 rings (SSSR count). The molecule has 6 nitrogen and oxygen atoms in total. The van der Waals surface area contributed by atoms with Gasteiger partial charge in [0.1, 0.15) is 0 Å². The van der Waals surface area contributed by atoms with E-state index in [2.05, 4.69) is 22.5 Å². The van der Waals surface area contributed by atoms with Crippen LogP contribution in [-0.2, 0) is 28.6 Å². The monoisotopic (exact) mass is 392 g/mol. The highest BCUT2D eigenvalue weighted by Gasteiger charge is 2.51. The van der Waals surface area contributed by atoms with Gasteiger partial charge in [0.25, 0.3) is 0 Å². The predicted octanol–water partition coefficient (Wildman–Crippen LogP) is 3.13. The Hall–Kier alpha value is -1.37. The van der Waals surface area contributed by atoms with Crippen molar-refractivity contribution in [2.75, 3.05) is 19.8 Å². The van der Waals surface area contributed by atoms with Gasteiger partial charge in [-0.25, -0.2) is 0 Å². The summed E-state index contributed by atoms with van der Waals surface area (Å²) in [7, 11) is 0. The van der Waals surface area contributed by atoms with Crippen LogP contribution in [0.25, 0.3) is 0 Å². The Morgan fingerprint density at radius 1 is 0.957 bits per heavy atom. The number of unbranched alkanes of at least 4 members (excludes halogenated alkanes) is 1. The topological polar surface area (TPSA) is 78.9 Å². The lowest BCUT2D eigenvalue weighted by Gasteiger charge is -2.28. The third-order valence-electron chi connectivity index (χ3n) is 3.03. The Morgan fingerprint density at radius 2 is 1.48 bits per heavy atom. The standard InChI is InChI=1S/C16H25BrO6/c1-5-8-9-23-13(18)11-16(10-12(4)17,14(19)21-6-2)15(20)22-7-3/h4-11H2,1-3H3. The second-order valence-corrected chi connectivity index (χ2v) is 6.09. The van der Waals surface area contributed by atoms with Crippen molar-refractivity contribution in [2.24, 2.45) is 5.41 Å². The number of esters is 3. The van der Waals surface area contributed by atoms with Gasteiger partial charge in [-0.2, -0.15) is 0 Å². The third-order valence-corrected chi connectivity index (χ3v) is 3.31. The van der Waals surface area contributed by atoms with E-state index in [4.69, 9.17) is 14.2 Å². The molecule has 0 saturated heterocycles. The maximum atomic E-state index is 12.4. The SMILES string of the molecule is C=C(Br)CC(CC(=O)OCCCC)(C(=O)OCC)C(=O)OCC. The second-order valence-electron chi connectivity index (χ2n) is 4.97. The summed E-state index contributed by atoms with van der Waals surface area (Å²) in [5.41, 5.74) is -1.78. The molecule has 0 bridgehead atoms. The second kappa shape index (κ2) is 11.2. The van der Waals surface area contributed by atoms with Crippen molar-refractivity contribution in [3.05, 3.63) is 11.1 Å². The molecule has 0 radical (unpaired) electrons. The van der Waals surface area contributed by atoms with E-state index in [1.54, 1.807) is 13.8 Å². The number of hydrogen-bond donors (Lipinski definition) is 0. The molecule has 0 aliphatic heterocycles. The van der Waals surface area contributed by atoms with Crippen molar-refractivity contribution in [2.45, 2.75) is 46.5 Å². The van der Waals surface area contributed by atoms with E-state index < -0.39 is 29.7 Å². The summed E-state index contributed by atoms with van der Waals surface area (Å²) in [6.07, 6.45) is 1.03. The molecule has 0 aromatic heterocycles. The van der Waals surface area contributed by atoms with Crippen LogP contribution < -0.4 is 0 Å². The molecule has 0 fully saturated rings. The Balaban J connectivity index is 5.42. The van der Waals surface area contributed by atoms with Crippen LogP contribution >= 0.6 is 15.9 Å². The van der Waals surface area contributed by atoms with Crippen LogP contribution in [0.3, 0.4) is 0 Å². The van der Waals surface area contributed by atoms with Gasteiger partial charge in [0.2, 0.25) is 0 Å². The van der Waals surface area contributed by atoms with Gasteiger partial charge in [0.15, 0.2) is 5.41 Å². The minimum Gasteiger partial charge on any atom is -0.466 e. The van der Waals surface area contributed by atoms with E-state index in [1.165, 1.54) is 0 Å². The molecule has 0 aliphatic rings. The molecule has 0 atom stereocenters. The first-order valence-electron chi connectivity index (χ1n) is 7.67. The van der Waals surface area contributed by atoms with E-state index in [1.807, 2.05) is 6.92 Å². The molecule has 132 valence electrons. The predicted molar refractivity (Wildman–Crippen MR) is 88.9 cm³/mol. The van der Waals surface area contributed by atoms with Gasteiger partial charge in [-0.1, -0.05) is 35.9 Å². The number of carbonyl (C=O) groups excluding carboxylic acids is 3. The van der Waals surface area contributed by atoms with Crippen LogP contribution in [0.1, 0.15) is 46.5 Å². The largest absolute Gasteiger partial charge is 0.466 e. The number of hydrogen-bond acceptors (Lipinski definition) is 6. The fourth-order valence-electron chi connectivity index (χ4n) is 1.93. The van der Waals surface area contributed by atoms with Crippen molar-refractivity contribution in [1.82, 2.24) is 0 Å². The number of halogens is 1. The number of rotatable bonds is 11. The zero-order valence-corrected chi connectivity index (χ0v) is 15.6. The lowest BCUT2D eigenvalue weighted by Crippen LogP contribution is -2.44. The molecule has 0 spiro atoms. The average molecular weight is 393 g/mol. The first kappa shape index (κ1) is 21.6. The highest BCUT2D eigenvalue weighted by atomic mass is 79.9. The fourth-order valence-corrected chi connectivity index (χ4v) is 2.41. The Morgan fingerprint density at radius 3 is 1.87 bits per heavy atom. The van der Waals surface area contributed by atoms with Gasteiger partial charge in [-0.3, -0.25) is 14.4 Å². The zero-order chi connectivity index (χ0) is 17.9. The van der Waals surface area contributed by atoms with Crippen LogP contribution in [0.5, 0.6) is 0 Å². The molecular formula is C16H25BrO6. The van der Waals surface area contributed by atoms with Crippen LogP contribution in [0.4, 0.5) is 0 Å². The minimum atomic E-state index is -1.78. The first-order chi connectivity index (χ1) is 10.8. The fraction of sp³-hybridized carbons (Fsp3) is 0.688. The third kappa shape index (κ3) is 7.16. The normalized spacial score (nSPS) is 10.8. The zero-order valence-electron chi connectivity index (χ0n) is 14.0. The maximum Gasteiger partial charge on any atom is 0.324 e. The van der Waals surface area contributed by atoms with Gasteiger partial charge in [-0.15, -0.1) is 0 Å². The Kier molecular flexibility index (Phi) is 10.5. The van der Waals surface area contributed by atoms with E-state index in [9.17, 15) is 14.4 Å². The highest BCUT2D eigenvalue weighted by molar-refractivity contribution is 9.11. The van der Waals surface area contributed by atoms with Crippen LogP contribution in [-0.4, -0.2) is 37.7 Å². The van der Waals surface area contributed by atoms with Crippen molar-refractivity contribution in [3.63, 3.8) is 0 Å². The summed E-state index contributed by atoms with van der Waals surface area (Å²) in [6, 6.07) is 0. The summed E-state index contributed by atoms with van der Waals surface area (Å²) < 4.78 is 15.5. The van der Waals surface area contributed by atoms with Crippen molar-refractivity contribution in [1.29, 1.82) is 0 Å². The number of allylic oxidation sites excluding steroid dienone is 1. The Labute approximate surface area is 145 Å². The minimum absolute atomic E-state index is 0.0830. The average Bonchev–Trinajstić information content (AvgIpc) is 2.46. The number of ether oxygens (including phenoxy) is 3. The maximum absolute atomic E-state index is 12.4. The molecule has 0 N–H and O–H groups in total. The van der Waals surface area contributed by atoms with E-state index in [-0.39, 0.29) is 26.2 Å². The summed E-state index contributed by atoms with van der Waals surface area (Å²) >= 11 is 3.14. The van der Waals surface area contributed by atoms with Gasteiger partial charge >= 0.3 is 17.9 Å². The quantitative estimate of drug-likeness (QED) is 0.232. The van der Waals surface area contributed by atoms with E-state index >= 15 is 0 Å². The van der Waals surface area contributed by atoms with Gasteiger partial charge in [0.05, 0.1) is 26.2 Å². The molecule has 0 aromatic carbocycles. The molecule has 0 amide bonds. The summed E-state index contributed by atoms with van der Waals surface area (Å²) in [6.45, 7) is 9.27. The Bertz CT molecular complexity index is 414. The smallest absolute Gasteiger partial charge is 0.324 e. The van der Waals surface area contributed by atoms with Crippen molar-refractivity contribution < 1.29 is 28.6 Å². The molecule has 0 heterocycles. The molecule has 0 unspecified atom stereocenters. The molecule has 0 aliphatic carbocycles. The molecule has 23 heavy (non-hydrogen) atoms. The lowest BCUT2D eigenvalue weighted by molar-refractivity contribution is -0.177. The van der Waals surface area contributed by atoms with Gasteiger partial charge in [0, 0.05) is 6.42 Å².